The van der Waals surface area contributed by atoms with E-state index in [1.807, 2.05) is 19.9 Å². The van der Waals surface area contributed by atoms with Gasteiger partial charge in [-0.3, -0.25) is 9.59 Å². The number of ether oxygens (including phenoxy) is 1. The van der Waals surface area contributed by atoms with E-state index in [1.54, 1.807) is 23.1 Å². The lowest BCUT2D eigenvalue weighted by Gasteiger charge is -2.35. The lowest BCUT2D eigenvalue weighted by molar-refractivity contribution is -0.143. The van der Waals surface area contributed by atoms with Crippen molar-refractivity contribution >= 4 is 16.8 Å². The van der Waals surface area contributed by atoms with E-state index in [1.165, 1.54) is 4.68 Å². The van der Waals surface area contributed by atoms with Crippen LogP contribution in [-0.2, 0) is 16.1 Å². The van der Waals surface area contributed by atoms with Crippen LogP contribution in [0.1, 0.15) is 20.3 Å². The maximum absolute atomic E-state index is 12.3. The van der Waals surface area contributed by atoms with E-state index in [0.29, 0.717) is 24.0 Å². The average molecular weight is 316 g/mol. The van der Waals surface area contributed by atoms with Crippen molar-refractivity contribution in [3.63, 3.8) is 0 Å². The number of nitrogens with zero attached hydrogens (tertiary/aromatic N) is 4. The topological polar surface area (TPSA) is 77.3 Å². The Balaban J connectivity index is 1.70. The van der Waals surface area contributed by atoms with E-state index >= 15 is 0 Å². The van der Waals surface area contributed by atoms with Crippen molar-refractivity contribution in [1.29, 1.82) is 0 Å². The first-order valence-corrected chi connectivity index (χ1v) is 7.80. The monoisotopic (exact) mass is 316 g/mol. The number of benzene rings is 1. The van der Waals surface area contributed by atoms with Gasteiger partial charge in [-0.25, -0.2) is 4.68 Å². The molecule has 1 aliphatic heterocycles. The highest BCUT2D eigenvalue weighted by atomic mass is 16.5. The molecule has 0 bridgehead atoms. The van der Waals surface area contributed by atoms with Gasteiger partial charge < -0.3 is 9.64 Å². The van der Waals surface area contributed by atoms with Crippen molar-refractivity contribution in [3.8, 4) is 0 Å². The first-order valence-electron chi connectivity index (χ1n) is 7.80. The quantitative estimate of drug-likeness (QED) is 0.838. The van der Waals surface area contributed by atoms with Crippen LogP contribution < -0.4 is 5.56 Å². The van der Waals surface area contributed by atoms with Gasteiger partial charge in [-0.1, -0.05) is 17.3 Å². The van der Waals surface area contributed by atoms with Crippen LogP contribution in [0.4, 0.5) is 0 Å². The number of aryl methyl sites for hydroxylation is 1. The number of carbonyl (C=O) groups excluding carboxylic acids is 1. The summed E-state index contributed by atoms with van der Waals surface area (Å²) >= 11 is 0. The second kappa shape index (κ2) is 6.45. The van der Waals surface area contributed by atoms with Crippen molar-refractivity contribution in [1.82, 2.24) is 19.9 Å². The van der Waals surface area contributed by atoms with Crippen LogP contribution in [0.2, 0.25) is 0 Å². The number of aromatic nitrogens is 3. The molecule has 3 rings (SSSR count). The molecule has 2 aromatic rings. The number of carbonyl (C=O) groups is 1. The summed E-state index contributed by atoms with van der Waals surface area (Å²) in [5.74, 6) is 0.00820. The third-order valence-electron chi connectivity index (χ3n) is 3.94. The normalized spacial score (nSPS) is 21.6. The summed E-state index contributed by atoms with van der Waals surface area (Å²) in [5, 5.41) is 8.45. The Hall–Kier alpha value is -2.28. The lowest BCUT2D eigenvalue weighted by atomic mass is 10.2. The predicted molar refractivity (Wildman–Crippen MR) is 85.0 cm³/mol. The van der Waals surface area contributed by atoms with Crippen molar-refractivity contribution < 1.29 is 9.53 Å². The zero-order chi connectivity index (χ0) is 16.4. The highest BCUT2D eigenvalue weighted by Crippen LogP contribution is 2.12. The van der Waals surface area contributed by atoms with Crippen molar-refractivity contribution in [2.75, 3.05) is 13.1 Å². The molecule has 0 saturated carbocycles. The summed E-state index contributed by atoms with van der Waals surface area (Å²) in [5.41, 5.74) is 0.350. The van der Waals surface area contributed by atoms with Crippen molar-refractivity contribution in [2.24, 2.45) is 0 Å². The highest BCUT2D eigenvalue weighted by molar-refractivity contribution is 5.77. The van der Waals surface area contributed by atoms with E-state index in [2.05, 4.69) is 10.3 Å². The van der Waals surface area contributed by atoms with Crippen LogP contribution in [0.15, 0.2) is 29.1 Å². The summed E-state index contributed by atoms with van der Waals surface area (Å²) < 4.78 is 6.88. The van der Waals surface area contributed by atoms with Gasteiger partial charge in [0.15, 0.2) is 0 Å². The number of rotatable bonds is 3. The molecule has 0 aliphatic carbocycles. The number of fused-ring (bicyclic) bond motifs is 1. The van der Waals surface area contributed by atoms with Crippen molar-refractivity contribution in [3.05, 3.63) is 34.6 Å². The highest BCUT2D eigenvalue weighted by Gasteiger charge is 2.25. The number of hydrogen-bond donors (Lipinski definition) is 0. The van der Waals surface area contributed by atoms with E-state index in [-0.39, 0.29) is 36.6 Å². The maximum atomic E-state index is 12.3. The molecule has 1 aliphatic rings. The first kappa shape index (κ1) is 15.6. The zero-order valence-electron chi connectivity index (χ0n) is 13.3. The molecule has 1 aromatic carbocycles. The van der Waals surface area contributed by atoms with E-state index in [4.69, 9.17) is 4.74 Å². The molecule has 7 nitrogen and oxygen atoms in total. The summed E-state index contributed by atoms with van der Waals surface area (Å²) in [7, 11) is 0. The molecule has 1 aromatic heterocycles. The fourth-order valence-electron chi connectivity index (χ4n) is 2.91. The second-order valence-corrected chi connectivity index (χ2v) is 5.94. The summed E-state index contributed by atoms with van der Waals surface area (Å²) in [6, 6.07) is 7.06. The van der Waals surface area contributed by atoms with Crippen LogP contribution >= 0.6 is 0 Å². The van der Waals surface area contributed by atoms with Crippen LogP contribution in [0.5, 0.6) is 0 Å². The number of amides is 1. The van der Waals surface area contributed by atoms with Gasteiger partial charge >= 0.3 is 0 Å². The molecule has 2 atom stereocenters. The van der Waals surface area contributed by atoms with Gasteiger partial charge in [-0.05, 0) is 26.0 Å². The van der Waals surface area contributed by atoms with Crippen LogP contribution in [0, 0.1) is 0 Å². The van der Waals surface area contributed by atoms with E-state index in [9.17, 15) is 9.59 Å². The molecule has 1 amide bonds. The second-order valence-electron chi connectivity index (χ2n) is 5.94. The Labute approximate surface area is 133 Å². The molecule has 0 radical (unpaired) electrons. The Morgan fingerprint density at radius 1 is 1.26 bits per heavy atom. The molecule has 2 unspecified atom stereocenters. The number of morpholine rings is 1. The van der Waals surface area contributed by atoms with Gasteiger partial charge in [0.2, 0.25) is 5.91 Å². The van der Waals surface area contributed by atoms with Gasteiger partial charge in [0.25, 0.3) is 5.56 Å². The predicted octanol–water partition coefficient (Wildman–Crippen LogP) is 0.817. The molecule has 23 heavy (non-hydrogen) atoms. The third kappa shape index (κ3) is 3.39. The average Bonchev–Trinajstić information content (AvgIpc) is 2.53. The van der Waals surface area contributed by atoms with Gasteiger partial charge in [0.05, 0.1) is 24.1 Å². The maximum Gasteiger partial charge on any atom is 0.277 e. The van der Waals surface area contributed by atoms with Crippen LogP contribution in [0.3, 0.4) is 0 Å². The lowest BCUT2D eigenvalue weighted by Crippen LogP contribution is -2.48. The minimum atomic E-state index is -0.216. The fraction of sp³-hybridized carbons (Fsp3) is 0.500. The first-order chi connectivity index (χ1) is 11.0. The van der Waals surface area contributed by atoms with Crippen LogP contribution in [0.25, 0.3) is 10.9 Å². The van der Waals surface area contributed by atoms with E-state index in [0.717, 1.165) is 0 Å². The summed E-state index contributed by atoms with van der Waals surface area (Å²) in [4.78, 5) is 26.5. The number of hydrogen-bond acceptors (Lipinski definition) is 5. The molecule has 2 heterocycles. The summed E-state index contributed by atoms with van der Waals surface area (Å²) in [6.07, 6.45) is 0.295. The molecular weight excluding hydrogens is 296 g/mol. The Kier molecular flexibility index (Phi) is 4.38. The minimum Gasteiger partial charge on any atom is -0.372 e. The minimum absolute atomic E-state index is 0.00820. The third-order valence-corrected chi connectivity index (χ3v) is 3.94. The zero-order valence-corrected chi connectivity index (χ0v) is 13.3. The Morgan fingerprint density at radius 2 is 1.96 bits per heavy atom. The Bertz CT molecular complexity index is 763. The van der Waals surface area contributed by atoms with E-state index < -0.39 is 0 Å². The molecule has 1 saturated heterocycles. The van der Waals surface area contributed by atoms with Gasteiger partial charge in [0, 0.05) is 19.5 Å². The van der Waals surface area contributed by atoms with Crippen molar-refractivity contribution in [2.45, 2.75) is 39.0 Å². The SMILES string of the molecule is CC1CN(C(=O)CCn2nnc3ccccc3c2=O)CC(C)O1. The van der Waals surface area contributed by atoms with Gasteiger partial charge in [-0.2, -0.15) is 0 Å². The van der Waals surface area contributed by atoms with Gasteiger partial charge in [-0.15, -0.1) is 5.10 Å². The molecule has 122 valence electrons. The molecule has 7 heteroatoms. The van der Waals surface area contributed by atoms with Crippen LogP contribution in [-0.4, -0.2) is 51.1 Å². The molecule has 0 N–H and O–H groups in total. The largest absolute Gasteiger partial charge is 0.372 e. The molecule has 1 fully saturated rings. The van der Waals surface area contributed by atoms with Gasteiger partial charge in [0.1, 0.15) is 5.52 Å². The fourth-order valence-corrected chi connectivity index (χ4v) is 2.91. The smallest absolute Gasteiger partial charge is 0.277 e. The summed E-state index contributed by atoms with van der Waals surface area (Å²) in [6.45, 7) is 5.31. The molecular formula is C16H20N4O3. The standard InChI is InChI=1S/C16H20N4O3/c1-11-9-19(10-12(2)23-11)15(21)7-8-20-16(22)13-5-3-4-6-14(13)17-18-20/h3-6,11-12H,7-10H2,1-2H3. The Morgan fingerprint density at radius 3 is 2.70 bits per heavy atom. The molecule has 0 spiro atoms.